The fourth-order valence-corrected chi connectivity index (χ4v) is 6.71. The highest BCUT2D eigenvalue weighted by atomic mass is 32.2. The molecule has 0 saturated carbocycles. The molecule has 0 bridgehead atoms. The number of Topliss-reactive ketones (excluding diaryl/α,β-unsaturated/α-hetero) is 1. The molecule has 31 heavy (non-hydrogen) atoms. The average molecular weight is 463 g/mol. The lowest BCUT2D eigenvalue weighted by Crippen LogP contribution is -2.11. The van der Waals surface area contributed by atoms with Gasteiger partial charge in [0.25, 0.3) is 0 Å². The van der Waals surface area contributed by atoms with Gasteiger partial charge in [-0.2, -0.15) is 0 Å². The van der Waals surface area contributed by atoms with E-state index in [-0.39, 0.29) is 29.0 Å². The van der Waals surface area contributed by atoms with Crippen LogP contribution in [0.25, 0.3) is 0 Å². The first-order valence-electron chi connectivity index (χ1n) is 10.2. The molecule has 10 heteroatoms. The van der Waals surface area contributed by atoms with Gasteiger partial charge in [0.2, 0.25) is 0 Å². The summed E-state index contributed by atoms with van der Waals surface area (Å²) in [5.41, 5.74) is 2.63. The van der Waals surface area contributed by atoms with E-state index in [2.05, 4.69) is 14.8 Å². The number of sulfone groups is 1. The van der Waals surface area contributed by atoms with Crippen molar-refractivity contribution < 1.29 is 17.6 Å². The summed E-state index contributed by atoms with van der Waals surface area (Å²) in [6.07, 6.45) is 2.90. The molecule has 3 aromatic heterocycles. The lowest BCUT2D eigenvalue weighted by molar-refractivity contribution is 0.102. The van der Waals surface area contributed by atoms with Gasteiger partial charge >= 0.3 is 0 Å². The first-order chi connectivity index (χ1) is 14.7. The highest BCUT2D eigenvalue weighted by Gasteiger charge is 2.29. The van der Waals surface area contributed by atoms with Crippen molar-refractivity contribution in [2.45, 2.75) is 38.4 Å². The quantitative estimate of drug-likeness (QED) is 0.375. The summed E-state index contributed by atoms with van der Waals surface area (Å²) in [5.74, 6) is 2.46. The molecule has 0 radical (unpaired) electrons. The topological polar surface area (TPSA) is 100.0 Å². The Morgan fingerprint density at radius 3 is 2.81 bits per heavy atom. The maximum absolute atomic E-state index is 12.9. The molecule has 4 heterocycles. The van der Waals surface area contributed by atoms with Crippen molar-refractivity contribution in [3.63, 3.8) is 0 Å². The van der Waals surface area contributed by atoms with Crippen LogP contribution in [0, 0.1) is 19.8 Å². The fourth-order valence-electron chi connectivity index (χ4n) is 4.03. The monoisotopic (exact) mass is 462 g/mol. The fraction of sp³-hybridized carbons (Fsp3) is 0.476. The number of rotatable bonds is 8. The third-order valence-electron chi connectivity index (χ3n) is 5.82. The number of aryl methyl sites for hydroxylation is 1. The second kappa shape index (κ2) is 8.66. The van der Waals surface area contributed by atoms with Crippen molar-refractivity contribution in [1.29, 1.82) is 0 Å². The SMILES string of the molecule is Cc1cc(C(=O)CSc2nnc(C[C@@H]3CCS(=O)(=O)C3)n2C)c(C)n1Cc1ccco1. The van der Waals surface area contributed by atoms with E-state index in [9.17, 15) is 13.2 Å². The Labute approximate surface area is 186 Å². The number of hydrogen-bond donors (Lipinski definition) is 0. The van der Waals surface area contributed by atoms with Crippen LogP contribution in [0.3, 0.4) is 0 Å². The van der Waals surface area contributed by atoms with Gasteiger partial charge in [0.05, 0.1) is 30.1 Å². The van der Waals surface area contributed by atoms with Gasteiger partial charge in [-0.05, 0) is 44.4 Å². The molecule has 0 spiro atoms. The molecule has 3 aromatic rings. The Kier molecular flexibility index (Phi) is 6.11. The van der Waals surface area contributed by atoms with Crippen LogP contribution in [0.2, 0.25) is 0 Å². The van der Waals surface area contributed by atoms with E-state index in [0.29, 0.717) is 30.1 Å². The molecule has 8 nitrogen and oxygen atoms in total. The van der Waals surface area contributed by atoms with Gasteiger partial charge in [-0.15, -0.1) is 10.2 Å². The van der Waals surface area contributed by atoms with E-state index in [4.69, 9.17) is 4.42 Å². The summed E-state index contributed by atoms with van der Waals surface area (Å²) in [6, 6.07) is 5.69. The molecular formula is C21H26N4O4S2. The summed E-state index contributed by atoms with van der Waals surface area (Å²) in [5, 5.41) is 9.10. The van der Waals surface area contributed by atoms with Gasteiger partial charge in [-0.3, -0.25) is 4.79 Å². The third-order valence-corrected chi connectivity index (χ3v) is 8.68. The summed E-state index contributed by atoms with van der Waals surface area (Å²) in [6.45, 7) is 4.52. The number of aromatic nitrogens is 4. The Bertz CT molecular complexity index is 1190. The first-order valence-corrected chi connectivity index (χ1v) is 13.0. The number of thioether (sulfide) groups is 1. The Hall–Kier alpha value is -2.33. The van der Waals surface area contributed by atoms with Gasteiger partial charge in [-0.1, -0.05) is 11.8 Å². The molecule has 0 N–H and O–H groups in total. The van der Waals surface area contributed by atoms with Crippen molar-refractivity contribution >= 4 is 27.4 Å². The molecular weight excluding hydrogens is 436 g/mol. The van der Waals surface area contributed by atoms with E-state index in [1.54, 1.807) is 6.26 Å². The van der Waals surface area contributed by atoms with Gasteiger partial charge < -0.3 is 13.6 Å². The van der Waals surface area contributed by atoms with Crippen molar-refractivity contribution in [3.05, 3.63) is 53.0 Å². The summed E-state index contributed by atoms with van der Waals surface area (Å²) in [4.78, 5) is 12.9. The van der Waals surface area contributed by atoms with Gasteiger partial charge in [0, 0.05) is 30.4 Å². The highest BCUT2D eigenvalue weighted by molar-refractivity contribution is 7.99. The van der Waals surface area contributed by atoms with E-state index in [1.807, 2.05) is 43.7 Å². The Morgan fingerprint density at radius 1 is 1.32 bits per heavy atom. The normalized spacial score (nSPS) is 18.0. The number of ketones is 1. The average Bonchev–Trinajstić information content (AvgIpc) is 3.48. The van der Waals surface area contributed by atoms with Crippen LogP contribution >= 0.6 is 11.8 Å². The summed E-state index contributed by atoms with van der Waals surface area (Å²) >= 11 is 1.35. The van der Waals surface area contributed by atoms with Crippen LogP contribution < -0.4 is 0 Å². The highest BCUT2D eigenvalue weighted by Crippen LogP contribution is 2.25. The second-order valence-electron chi connectivity index (χ2n) is 8.09. The molecule has 4 rings (SSSR count). The molecule has 166 valence electrons. The molecule has 0 aromatic carbocycles. The number of furan rings is 1. The first kappa shape index (κ1) is 21.9. The number of nitrogens with zero attached hydrogens (tertiary/aromatic N) is 4. The standard InChI is InChI=1S/C21H26N4O4S2/c1-14-9-18(15(2)25(14)11-17-5-4-7-29-17)19(26)12-30-21-23-22-20(24(21)3)10-16-6-8-31(27,28)13-16/h4-5,7,9,16H,6,8,10-13H2,1-3H3/t16-/m0/s1. The van der Waals surface area contributed by atoms with Crippen LogP contribution in [0.4, 0.5) is 0 Å². The Balaban J connectivity index is 1.40. The molecule has 0 unspecified atom stereocenters. The minimum Gasteiger partial charge on any atom is -0.467 e. The zero-order valence-corrected chi connectivity index (χ0v) is 19.5. The van der Waals surface area contributed by atoms with Crippen LogP contribution in [0.1, 0.15) is 39.8 Å². The molecule has 1 saturated heterocycles. The zero-order chi connectivity index (χ0) is 22.2. The van der Waals surface area contributed by atoms with E-state index in [0.717, 1.165) is 23.0 Å². The van der Waals surface area contributed by atoms with Crippen LogP contribution in [-0.4, -0.2) is 50.8 Å². The summed E-state index contributed by atoms with van der Waals surface area (Å²) < 4.78 is 32.7. The van der Waals surface area contributed by atoms with Gasteiger partial charge in [-0.25, -0.2) is 8.42 Å². The lowest BCUT2D eigenvalue weighted by Gasteiger charge is -2.08. The number of carbonyl (C=O) groups is 1. The zero-order valence-electron chi connectivity index (χ0n) is 17.9. The largest absolute Gasteiger partial charge is 0.467 e. The van der Waals surface area contributed by atoms with Crippen molar-refractivity contribution in [3.8, 4) is 0 Å². The lowest BCUT2D eigenvalue weighted by atomic mass is 10.1. The predicted molar refractivity (Wildman–Crippen MR) is 118 cm³/mol. The van der Waals surface area contributed by atoms with Crippen molar-refractivity contribution in [2.24, 2.45) is 13.0 Å². The minimum atomic E-state index is -2.91. The van der Waals surface area contributed by atoms with Crippen molar-refractivity contribution in [1.82, 2.24) is 19.3 Å². The number of carbonyl (C=O) groups excluding carboxylic acids is 1. The molecule has 1 aliphatic rings. The van der Waals surface area contributed by atoms with Crippen LogP contribution in [0.5, 0.6) is 0 Å². The van der Waals surface area contributed by atoms with Crippen molar-refractivity contribution in [2.75, 3.05) is 17.3 Å². The molecule has 1 aliphatic heterocycles. The summed E-state index contributed by atoms with van der Waals surface area (Å²) in [7, 11) is -1.05. The predicted octanol–water partition coefficient (Wildman–Crippen LogP) is 2.83. The van der Waals surface area contributed by atoms with E-state index < -0.39 is 9.84 Å². The Morgan fingerprint density at radius 2 is 2.13 bits per heavy atom. The van der Waals surface area contributed by atoms with Gasteiger partial charge in [0.1, 0.15) is 11.6 Å². The number of hydrogen-bond acceptors (Lipinski definition) is 7. The van der Waals surface area contributed by atoms with E-state index in [1.165, 1.54) is 11.8 Å². The second-order valence-corrected chi connectivity index (χ2v) is 11.3. The minimum absolute atomic E-state index is 0.0373. The van der Waals surface area contributed by atoms with Gasteiger partial charge in [0.15, 0.2) is 20.8 Å². The smallest absolute Gasteiger partial charge is 0.191 e. The third kappa shape index (κ3) is 4.79. The molecule has 1 atom stereocenters. The van der Waals surface area contributed by atoms with E-state index >= 15 is 0 Å². The maximum Gasteiger partial charge on any atom is 0.191 e. The molecule has 0 amide bonds. The van der Waals surface area contributed by atoms with Crippen LogP contribution in [-0.2, 0) is 29.9 Å². The molecule has 0 aliphatic carbocycles. The maximum atomic E-state index is 12.9. The van der Waals surface area contributed by atoms with Crippen LogP contribution in [0.15, 0.2) is 34.0 Å². The molecule has 1 fully saturated rings.